The quantitative estimate of drug-likeness (QED) is 0.829. The number of hydrogen-bond donors (Lipinski definition) is 1. The number of aliphatic hydroxyl groups excluding tert-OH is 1. The lowest BCUT2D eigenvalue weighted by molar-refractivity contribution is 0.221. The first-order valence-corrected chi connectivity index (χ1v) is 5.71. The van der Waals surface area contributed by atoms with Gasteiger partial charge in [0.25, 0.3) is 0 Å². The summed E-state index contributed by atoms with van der Waals surface area (Å²) >= 11 is 0. The molecular formula is C16H13NO. The highest BCUT2D eigenvalue weighted by Gasteiger charge is 2.12. The van der Waals surface area contributed by atoms with Crippen molar-refractivity contribution in [2.45, 2.75) is 6.10 Å². The molecular weight excluding hydrogens is 222 g/mol. The van der Waals surface area contributed by atoms with Crippen LogP contribution < -0.4 is 0 Å². The van der Waals surface area contributed by atoms with Crippen LogP contribution in [0.3, 0.4) is 0 Å². The van der Waals surface area contributed by atoms with Gasteiger partial charge in [-0.25, -0.2) is 0 Å². The third kappa shape index (κ3) is 2.85. The monoisotopic (exact) mass is 235 g/mol. The molecule has 2 aromatic rings. The molecule has 2 aromatic carbocycles. The Morgan fingerprint density at radius 1 is 1.00 bits per heavy atom. The summed E-state index contributed by atoms with van der Waals surface area (Å²) in [5.41, 5.74) is 1.97. The SMILES string of the molecule is N#C/C(=C/c1ccccc1)C(O)c1ccccc1. The van der Waals surface area contributed by atoms with E-state index in [1.807, 2.05) is 48.5 Å². The summed E-state index contributed by atoms with van der Waals surface area (Å²) in [7, 11) is 0. The molecule has 2 heteroatoms. The maximum atomic E-state index is 10.2. The van der Waals surface area contributed by atoms with Gasteiger partial charge in [-0.2, -0.15) is 5.26 Å². The average molecular weight is 235 g/mol. The van der Waals surface area contributed by atoms with Gasteiger partial charge in [-0.05, 0) is 17.2 Å². The molecule has 0 heterocycles. The molecule has 2 nitrogen and oxygen atoms in total. The number of nitriles is 1. The van der Waals surface area contributed by atoms with Gasteiger partial charge in [0.15, 0.2) is 0 Å². The van der Waals surface area contributed by atoms with E-state index in [9.17, 15) is 5.11 Å². The molecule has 0 aliphatic carbocycles. The Kier molecular flexibility index (Phi) is 3.90. The van der Waals surface area contributed by atoms with Crippen LogP contribution in [0.2, 0.25) is 0 Å². The van der Waals surface area contributed by atoms with Crippen LogP contribution in [-0.4, -0.2) is 5.11 Å². The van der Waals surface area contributed by atoms with E-state index < -0.39 is 6.10 Å². The topological polar surface area (TPSA) is 44.0 Å². The second kappa shape index (κ2) is 5.81. The summed E-state index contributed by atoms with van der Waals surface area (Å²) < 4.78 is 0. The van der Waals surface area contributed by atoms with Gasteiger partial charge in [0, 0.05) is 0 Å². The molecule has 18 heavy (non-hydrogen) atoms. The van der Waals surface area contributed by atoms with Crippen molar-refractivity contribution in [1.29, 1.82) is 5.26 Å². The molecule has 0 aliphatic heterocycles. The van der Waals surface area contributed by atoms with E-state index in [1.54, 1.807) is 18.2 Å². The van der Waals surface area contributed by atoms with Crippen LogP contribution in [0.15, 0.2) is 66.2 Å². The lowest BCUT2D eigenvalue weighted by Crippen LogP contribution is -1.99. The van der Waals surface area contributed by atoms with E-state index in [2.05, 4.69) is 6.07 Å². The smallest absolute Gasteiger partial charge is 0.114 e. The Bertz CT molecular complexity index is 567. The van der Waals surface area contributed by atoms with Crippen molar-refractivity contribution in [2.24, 2.45) is 0 Å². The van der Waals surface area contributed by atoms with Crippen LogP contribution in [-0.2, 0) is 0 Å². The first-order valence-electron chi connectivity index (χ1n) is 5.71. The van der Waals surface area contributed by atoms with E-state index in [-0.39, 0.29) is 0 Å². The molecule has 0 aliphatic rings. The molecule has 1 unspecified atom stereocenters. The Labute approximate surface area is 106 Å². The third-order valence-corrected chi connectivity index (χ3v) is 2.66. The first-order chi connectivity index (χ1) is 8.81. The number of rotatable bonds is 3. The van der Waals surface area contributed by atoms with Gasteiger partial charge in [0.2, 0.25) is 0 Å². The first kappa shape index (κ1) is 12.1. The maximum Gasteiger partial charge on any atom is 0.114 e. The predicted octanol–water partition coefficient (Wildman–Crippen LogP) is 3.33. The molecule has 0 saturated carbocycles. The van der Waals surface area contributed by atoms with Crippen molar-refractivity contribution in [3.05, 3.63) is 77.4 Å². The van der Waals surface area contributed by atoms with Gasteiger partial charge in [-0.15, -0.1) is 0 Å². The number of nitrogens with zero attached hydrogens (tertiary/aromatic N) is 1. The molecule has 0 spiro atoms. The number of aliphatic hydroxyl groups is 1. The summed E-state index contributed by atoms with van der Waals surface area (Å²) in [6.07, 6.45) is 0.828. The highest BCUT2D eigenvalue weighted by Crippen LogP contribution is 2.22. The van der Waals surface area contributed by atoms with E-state index in [0.29, 0.717) is 5.57 Å². The van der Waals surface area contributed by atoms with Crippen molar-refractivity contribution < 1.29 is 5.11 Å². The second-order valence-electron chi connectivity index (χ2n) is 3.94. The molecule has 0 amide bonds. The Morgan fingerprint density at radius 2 is 1.56 bits per heavy atom. The van der Waals surface area contributed by atoms with Crippen LogP contribution in [0.4, 0.5) is 0 Å². The Balaban J connectivity index is 2.30. The Hall–Kier alpha value is -2.37. The average Bonchev–Trinajstić information content (AvgIpc) is 2.46. The molecule has 0 bridgehead atoms. The van der Waals surface area contributed by atoms with E-state index in [1.165, 1.54) is 0 Å². The van der Waals surface area contributed by atoms with Crippen molar-refractivity contribution >= 4 is 6.08 Å². The standard InChI is InChI=1S/C16H13NO/c17-12-15(11-13-7-3-1-4-8-13)16(18)14-9-5-2-6-10-14/h1-11,16,18H/b15-11-. The molecule has 1 N–H and O–H groups in total. The molecule has 0 radical (unpaired) electrons. The van der Waals surface area contributed by atoms with Crippen molar-refractivity contribution in [3.8, 4) is 6.07 Å². The fourth-order valence-corrected chi connectivity index (χ4v) is 1.72. The van der Waals surface area contributed by atoms with Gasteiger partial charge in [-0.3, -0.25) is 0 Å². The highest BCUT2D eigenvalue weighted by atomic mass is 16.3. The zero-order valence-electron chi connectivity index (χ0n) is 9.82. The van der Waals surface area contributed by atoms with Crippen LogP contribution in [0, 0.1) is 11.3 Å². The zero-order valence-corrected chi connectivity index (χ0v) is 9.82. The zero-order chi connectivity index (χ0) is 12.8. The van der Waals surface area contributed by atoms with Gasteiger partial charge in [-0.1, -0.05) is 60.7 Å². The van der Waals surface area contributed by atoms with Gasteiger partial charge < -0.3 is 5.11 Å². The molecule has 0 saturated heterocycles. The summed E-state index contributed by atoms with van der Waals surface area (Å²) in [5.74, 6) is 0. The van der Waals surface area contributed by atoms with Crippen molar-refractivity contribution in [3.63, 3.8) is 0 Å². The van der Waals surface area contributed by atoms with Crippen LogP contribution in [0.5, 0.6) is 0 Å². The Morgan fingerprint density at radius 3 is 2.11 bits per heavy atom. The lowest BCUT2D eigenvalue weighted by atomic mass is 10.0. The third-order valence-electron chi connectivity index (χ3n) is 2.66. The molecule has 1 atom stereocenters. The minimum Gasteiger partial charge on any atom is -0.383 e. The number of hydrogen-bond acceptors (Lipinski definition) is 2. The normalized spacial score (nSPS) is 12.8. The molecule has 88 valence electrons. The summed E-state index contributed by atoms with van der Waals surface area (Å²) in [6.45, 7) is 0. The minimum absolute atomic E-state index is 0.340. The van der Waals surface area contributed by atoms with Gasteiger partial charge >= 0.3 is 0 Å². The summed E-state index contributed by atoms with van der Waals surface area (Å²) in [5, 5.41) is 19.3. The fraction of sp³-hybridized carbons (Fsp3) is 0.0625. The van der Waals surface area contributed by atoms with E-state index >= 15 is 0 Å². The van der Waals surface area contributed by atoms with Crippen molar-refractivity contribution in [1.82, 2.24) is 0 Å². The molecule has 0 fully saturated rings. The van der Waals surface area contributed by atoms with Gasteiger partial charge in [0.1, 0.15) is 6.10 Å². The maximum absolute atomic E-state index is 10.2. The van der Waals surface area contributed by atoms with Crippen LogP contribution in [0.25, 0.3) is 6.08 Å². The molecule has 2 rings (SSSR count). The minimum atomic E-state index is -0.878. The molecule has 0 aromatic heterocycles. The van der Waals surface area contributed by atoms with Gasteiger partial charge in [0.05, 0.1) is 11.6 Å². The predicted molar refractivity (Wildman–Crippen MR) is 71.4 cm³/mol. The second-order valence-corrected chi connectivity index (χ2v) is 3.94. The van der Waals surface area contributed by atoms with E-state index in [0.717, 1.165) is 11.1 Å². The summed E-state index contributed by atoms with van der Waals surface area (Å²) in [4.78, 5) is 0. The largest absolute Gasteiger partial charge is 0.383 e. The highest BCUT2D eigenvalue weighted by molar-refractivity contribution is 5.59. The van der Waals surface area contributed by atoms with Crippen molar-refractivity contribution in [2.75, 3.05) is 0 Å². The lowest BCUT2D eigenvalue weighted by Gasteiger charge is -2.09. The van der Waals surface area contributed by atoms with Crippen LogP contribution in [0.1, 0.15) is 17.2 Å². The van der Waals surface area contributed by atoms with Crippen LogP contribution >= 0.6 is 0 Å². The fourth-order valence-electron chi connectivity index (χ4n) is 1.72. The number of benzene rings is 2. The summed E-state index contributed by atoms with van der Waals surface area (Å²) in [6, 6.07) is 20.7. The van der Waals surface area contributed by atoms with E-state index in [4.69, 9.17) is 5.26 Å².